The molecule has 4 nitrogen and oxygen atoms in total. The summed E-state index contributed by atoms with van der Waals surface area (Å²) in [5.41, 5.74) is 2.09. The molecular weight excluding hydrogens is 310 g/mol. The molecule has 2 aromatic carbocycles. The lowest BCUT2D eigenvalue weighted by Crippen LogP contribution is -2.28. The van der Waals surface area contributed by atoms with Gasteiger partial charge in [-0.05, 0) is 24.6 Å². The Bertz CT molecular complexity index is 711. The summed E-state index contributed by atoms with van der Waals surface area (Å²) in [6.45, 7) is 5.76. The number of hydrogen-bond donors (Lipinski definition) is 1. The van der Waals surface area contributed by atoms with Gasteiger partial charge in [-0.15, -0.1) is 0 Å². The fourth-order valence-electron chi connectivity index (χ4n) is 2.07. The molecule has 0 fully saturated rings. The second kappa shape index (κ2) is 7.85. The van der Waals surface area contributed by atoms with Crippen molar-refractivity contribution in [2.45, 2.75) is 17.9 Å². The number of hydrogen-bond acceptors (Lipinski definition) is 3. The average Bonchev–Trinajstić information content (AvgIpc) is 2.59. The number of methoxy groups -OCH3 is 1. The third-order valence-corrected chi connectivity index (χ3v) is 4.54. The molecule has 0 saturated heterocycles. The molecule has 23 heavy (non-hydrogen) atoms. The Morgan fingerprint density at radius 1 is 1.13 bits per heavy atom. The zero-order valence-corrected chi connectivity index (χ0v) is 13.9. The first-order valence-corrected chi connectivity index (χ1v) is 8.24. The molecule has 0 aliphatic carbocycles. The molecule has 120 valence electrons. The maximum atomic E-state index is 12.6. The average molecular weight is 329 g/mol. The number of benzene rings is 2. The van der Waals surface area contributed by atoms with Gasteiger partial charge < -0.3 is 4.74 Å². The molecule has 5 heteroatoms. The van der Waals surface area contributed by atoms with Crippen molar-refractivity contribution >= 4 is 17.0 Å². The third-order valence-electron chi connectivity index (χ3n) is 3.39. The van der Waals surface area contributed by atoms with E-state index in [0.29, 0.717) is 4.90 Å². The minimum atomic E-state index is -1.48. The first-order valence-electron chi connectivity index (χ1n) is 7.09. The van der Waals surface area contributed by atoms with Gasteiger partial charge in [0.2, 0.25) is 0 Å². The Morgan fingerprint density at radius 2 is 1.74 bits per heavy atom. The lowest BCUT2D eigenvalue weighted by Gasteiger charge is -2.19. The van der Waals surface area contributed by atoms with Crippen LogP contribution < -0.4 is 4.72 Å². The van der Waals surface area contributed by atoms with Crippen LogP contribution in [0.5, 0.6) is 0 Å². The first-order chi connectivity index (χ1) is 11.0. The van der Waals surface area contributed by atoms with Crippen molar-refractivity contribution in [3.05, 3.63) is 77.9 Å². The molecule has 0 spiro atoms. The van der Waals surface area contributed by atoms with Gasteiger partial charge in [0.15, 0.2) is 0 Å². The second-order valence-electron chi connectivity index (χ2n) is 5.06. The molecule has 0 saturated carbocycles. The van der Waals surface area contributed by atoms with Crippen LogP contribution in [-0.4, -0.2) is 17.3 Å². The Hall–Kier alpha value is -2.24. The van der Waals surface area contributed by atoms with Crippen LogP contribution in [0.25, 0.3) is 0 Å². The number of carbonyl (C=O) groups excluding carboxylic acids is 1. The maximum absolute atomic E-state index is 12.6. The highest BCUT2D eigenvalue weighted by molar-refractivity contribution is 7.83. The molecule has 0 aliphatic heterocycles. The number of ether oxygens (including phenoxy) is 1. The zero-order valence-electron chi connectivity index (χ0n) is 13.1. The van der Waals surface area contributed by atoms with Crippen LogP contribution in [-0.2, 0) is 20.5 Å². The van der Waals surface area contributed by atoms with Gasteiger partial charge in [-0.25, -0.2) is 13.7 Å². The van der Waals surface area contributed by atoms with Crippen LogP contribution in [0, 0.1) is 6.92 Å². The molecule has 0 heterocycles. The Kier molecular flexibility index (Phi) is 5.84. The van der Waals surface area contributed by atoms with Gasteiger partial charge in [0.25, 0.3) is 0 Å². The van der Waals surface area contributed by atoms with Gasteiger partial charge in [-0.2, -0.15) is 0 Å². The number of nitrogens with one attached hydrogen (secondary N) is 1. The van der Waals surface area contributed by atoms with Gasteiger partial charge in [0, 0.05) is 0 Å². The monoisotopic (exact) mass is 329 g/mol. The third kappa shape index (κ3) is 4.37. The molecule has 0 aliphatic rings. The Balaban J connectivity index is 2.27. The fraction of sp³-hybridized carbons (Fsp3) is 0.167. The quantitative estimate of drug-likeness (QED) is 0.654. The smallest absolute Gasteiger partial charge is 0.335 e. The van der Waals surface area contributed by atoms with Gasteiger partial charge >= 0.3 is 5.97 Å². The summed E-state index contributed by atoms with van der Waals surface area (Å²) >= 11 is 0. The van der Waals surface area contributed by atoms with Crippen molar-refractivity contribution in [1.82, 2.24) is 4.72 Å². The number of rotatable bonds is 6. The Labute approximate surface area is 138 Å². The van der Waals surface area contributed by atoms with Gasteiger partial charge in [-0.1, -0.05) is 54.6 Å². The Morgan fingerprint density at radius 3 is 2.30 bits per heavy atom. The van der Waals surface area contributed by atoms with Crippen molar-refractivity contribution in [1.29, 1.82) is 0 Å². The first kappa shape index (κ1) is 17.1. The van der Waals surface area contributed by atoms with Crippen molar-refractivity contribution in [3.8, 4) is 0 Å². The standard InChI is InChI=1S/C18H19NO3S/c1-13-9-11-16(12-10-13)23(21)19-17(14(2)18(20)22-3)15-7-5-4-6-8-15/h4-12,17,19H,2H2,1,3H3/t17-,23+/m1/s1. The zero-order chi connectivity index (χ0) is 16.8. The van der Waals surface area contributed by atoms with E-state index in [0.717, 1.165) is 11.1 Å². The molecule has 2 atom stereocenters. The highest BCUT2D eigenvalue weighted by Crippen LogP contribution is 2.23. The molecule has 2 aromatic rings. The van der Waals surface area contributed by atoms with Crippen LogP contribution in [0.2, 0.25) is 0 Å². The maximum Gasteiger partial charge on any atom is 0.335 e. The van der Waals surface area contributed by atoms with Crippen LogP contribution >= 0.6 is 0 Å². The van der Waals surface area contributed by atoms with E-state index in [-0.39, 0.29) is 5.57 Å². The van der Waals surface area contributed by atoms with E-state index in [4.69, 9.17) is 4.74 Å². The van der Waals surface area contributed by atoms with E-state index in [1.54, 1.807) is 12.1 Å². The largest absolute Gasteiger partial charge is 0.466 e. The summed E-state index contributed by atoms with van der Waals surface area (Å²) < 4.78 is 20.3. The minimum Gasteiger partial charge on any atom is -0.466 e. The summed E-state index contributed by atoms with van der Waals surface area (Å²) in [5, 5.41) is 0. The molecule has 0 amide bonds. The van der Waals surface area contributed by atoms with E-state index in [1.807, 2.05) is 49.4 Å². The molecule has 0 radical (unpaired) electrons. The molecule has 0 bridgehead atoms. The van der Waals surface area contributed by atoms with Crippen molar-refractivity contribution in [2.24, 2.45) is 0 Å². The predicted molar refractivity (Wildman–Crippen MR) is 91.1 cm³/mol. The SMILES string of the molecule is C=C(C(=O)OC)[C@@H](N[S@@](=O)c1ccc(C)cc1)c1ccccc1. The van der Waals surface area contributed by atoms with E-state index >= 15 is 0 Å². The number of esters is 1. The topological polar surface area (TPSA) is 55.4 Å². The lowest BCUT2D eigenvalue weighted by atomic mass is 10.0. The van der Waals surface area contributed by atoms with Crippen LogP contribution in [0.3, 0.4) is 0 Å². The second-order valence-corrected chi connectivity index (χ2v) is 6.30. The van der Waals surface area contributed by atoms with Crippen LogP contribution in [0.15, 0.2) is 71.6 Å². The van der Waals surface area contributed by atoms with Crippen molar-refractivity contribution in [2.75, 3.05) is 7.11 Å². The summed E-state index contributed by atoms with van der Waals surface area (Å²) in [6.07, 6.45) is 0. The molecule has 2 rings (SSSR count). The lowest BCUT2D eigenvalue weighted by molar-refractivity contribution is -0.136. The number of aryl methyl sites for hydroxylation is 1. The highest BCUT2D eigenvalue weighted by atomic mass is 32.2. The molecule has 0 unspecified atom stereocenters. The summed E-state index contributed by atoms with van der Waals surface area (Å²) in [7, 11) is -0.182. The molecule has 0 aromatic heterocycles. The van der Waals surface area contributed by atoms with Gasteiger partial charge in [0.1, 0.15) is 11.0 Å². The van der Waals surface area contributed by atoms with E-state index in [9.17, 15) is 9.00 Å². The van der Waals surface area contributed by atoms with E-state index < -0.39 is 23.0 Å². The van der Waals surface area contributed by atoms with Crippen molar-refractivity contribution < 1.29 is 13.7 Å². The van der Waals surface area contributed by atoms with E-state index in [2.05, 4.69) is 11.3 Å². The van der Waals surface area contributed by atoms with Crippen LogP contribution in [0.4, 0.5) is 0 Å². The summed E-state index contributed by atoms with van der Waals surface area (Å²) in [5.74, 6) is -0.535. The number of carbonyl (C=O) groups is 1. The van der Waals surface area contributed by atoms with E-state index in [1.165, 1.54) is 7.11 Å². The highest BCUT2D eigenvalue weighted by Gasteiger charge is 2.23. The predicted octanol–water partition coefficient (Wildman–Crippen LogP) is 3.08. The van der Waals surface area contributed by atoms with Gasteiger partial charge in [0.05, 0.1) is 23.6 Å². The molecule has 1 N–H and O–H groups in total. The van der Waals surface area contributed by atoms with Crippen LogP contribution in [0.1, 0.15) is 17.2 Å². The minimum absolute atomic E-state index is 0.208. The normalized spacial score (nSPS) is 13.1. The fourth-order valence-corrected chi connectivity index (χ4v) is 3.08. The molecular formula is C18H19NO3S. The summed E-state index contributed by atoms with van der Waals surface area (Å²) in [6, 6.07) is 16.0. The van der Waals surface area contributed by atoms with Crippen molar-refractivity contribution in [3.63, 3.8) is 0 Å². The van der Waals surface area contributed by atoms with Gasteiger partial charge in [-0.3, -0.25) is 0 Å². The summed E-state index contributed by atoms with van der Waals surface area (Å²) in [4.78, 5) is 12.5.